The van der Waals surface area contributed by atoms with Crippen molar-refractivity contribution in [3.63, 3.8) is 0 Å². The molecule has 0 aliphatic rings. The molecule has 0 spiro atoms. The molecule has 72 valence electrons. The minimum Gasteiger partial charge on any atom is -0.207 e. The Morgan fingerprint density at radius 3 is 2.77 bits per heavy atom. The molecule has 0 fully saturated rings. The summed E-state index contributed by atoms with van der Waals surface area (Å²) in [7, 11) is 0. The Morgan fingerprint density at radius 1 is 1.46 bits per heavy atom. The molecular formula is C11H14ClF. The Hall–Kier alpha value is -0.560. The van der Waals surface area contributed by atoms with E-state index in [0.29, 0.717) is 11.8 Å². The standard InChI is InChI=1S/C11H14ClF/c1-8(7-12)5-10-6-11(13)4-3-9(10)2/h3-4,6,8H,5,7H2,1-2H3. The van der Waals surface area contributed by atoms with Crippen LogP contribution in [0.4, 0.5) is 4.39 Å². The molecule has 0 saturated carbocycles. The van der Waals surface area contributed by atoms with E-state index in [0.717, 1.165) is 17.5 Å². The van der Waals surface area contributed by atoms with Crippen molar-refractivity contribution in [2.24, 2.45) is 5.92 Å². The molecular weight excluding hydrogens is 187 g/mol. The summed E-state index contributed by atoms with van der Waals surface area (Å²) in [6, 6.07) is 4.90. The molecule has 13 heavy (non-hydrogen) atoms. The van der Waals surface area contributed by atoms with Crippen molar-refractivity contribution >= 4 is 11.6 Å². The minimum atomic E-state index is -0.164. The lowest BCUT2D eigenvalue weighted by atomic mass is 9.99. The number of hydrogen-bond acceptors (Lipinski definition) is 0. The molecule has 1 aromatic carbocycles. The molecule has 0 radical (unpaired) electrons. The predicted octanol–water partition coefficient (Wildman–Crippen LogP) is 3.55. The molecule has 0 aliphatic heterocycles. The molecule has 0 aliphatic carbocycles. The Kier molecular flexibility index (Phi) is 3.73. The Balaban J connectivity index is 2.81. The molecule has 0 bridgehead atoms. The topological polar surface area (TPSA) is 0 Å². The summed E-state index contributed by atoms with van der Waals surface area (Å²) in [6.07, 6.45) is 0.854. The van der Waals surface area contributed by atoms with Crippen molar-refractivity contribution in [2.45, 2.75) is 20.3 Å². The van der Waals surface area contributed by atoms with Gasteiger partial charge in [-0.15, -0.1) is 11.6 Å². The summed E-state index contributed by atoms with van der Waals surface area (Å²) in [6.45, 7) is 4.06. The molecule has 1 rings (SSSR count). The summed E-state index contributed by atoms with van der Waals surface area (Å²) < 4.78 is 12.9. The molecule has 0 N–H and O–H groups in total. The molecule has 1 atom stereocenters. The highest BCUT2D eigenvalue weighted by Crippen LogP contribution is 2.15. The van der Waals surface area contributed by atoms with Crippen LogP contribution in [0.2, 0.25) is 0 Å². The van der Waals surface area contributed by atoms with E-state index in [1.807, 2.05) is 13.0 Å². The van der Waals surface area contributed by atoms with Gasteiger partial charge >= 0.3 is 0 Å². The predicted molar refractivity (Wildman–Crippen MR) is 54.7 cm³/mol. The van der Waals surface area contributed by atoms with Crippen LogP contribution in [-0.4, -0.2) is 5.88 Å². The fourth-order valence-corrected chi connectivity index (χ4v) is 1.40. The van der Waals surface area contributed by atoms with Gasteiger partial charge in [0.2, 0.25) is 0 Å². The van der Waals surface area contributed by atoms with Crippen LogP contribution in [-0.2, 0) is 6.42 Å². The highest BCUT2D eigenvalue weighted by molar-refractivity contribution is 6.18. The summed E-state index contributed by atoms with van der Waals surface area (Å²) in [5, 5.41) is 0. The van der Waals surface area contributed by atoms with E-state index in [2.05, 4.69) is 6.92 Å². The lowest BCUT2D eigenvalue weighted by Crippen LogP contribution is -2.02. The summed E-state index contributed by atoms with van der Waals surface area (Å²) in [4.78, 5) is 0. The minimum absolute atomic E-state index is 0.164. The smallest absolute Gasteiger partial charge is 0.123 e. The average Bonchev–Trinajstić information content (AvgIpc) is 2.11. The lowest BCUT2D eigenvalue weighted by Gasteiger charge is -2.09. The van der Waals surface area contributed by atoms with Crippen LogP contribution < -0.4 is 0 Å². The normalized spacial score (nSPS) is 12.9. The molecule has 0 amide bonds. The van der Waals surface area contributed by atoms with E-state index in [4.69, 9.17) is 11.6 Å². The van der Waals surface area contributed by atoms with Crippen molar-refractivity contribution in [3.05, 3.63) is 35.1 Å². The van der Waals surface area contributed by atoms with Crippen molar-refractivity contribution < 1.29 is 4.39 Å². The van der Waals surface area contributed by atoms with Crippen LogP contribution in [0.15, 0.2) is 18.2 Å². The van der Waals surface area contributed by atoms with Crippen molar-refractivity contribution in [1.82, 2.24) is 0 Å². The van der Waals surface area contributed by atoms with E-state index in [1.54, 1.807) is 6.07 Å². The largest absolute Gasteiger partial charge is 0.207 e. The Bertz CT molecular complexity index is 283. The first-order valence-electron chi connectivity index (χ1n) is 4.44. The molecule has 0 aromatic heterocycles. The zero-order valence-corrected chi connectivity index (χ0v) is 8.74. The van der Waals surface area contributed by atoms with Crippen molar-refractivity contribution in [1.29, 1.82) is 0 Å². The van der Waals surface area contributed by atoms with Crippen molar-refractivity contribution in [3.8, 4) is 0 Å². The van der Waals surface area contributed by atoms with Gasteiger partial charge in [0, 0.05) is 5.88 Å². The highest BCUT2D eigenvalue weighted by atomic mass is 35.5. The van der Waals surface area contributed by atoms with Gasteiger partial charge in [-0.05, 0) is 42.5 Å². The number of rotatable bonds is 3. The first-order chi connectivity index (χ1) is 6.13. The first kappa shape index (κ1) is 10.5. The Labute approximate surface area is 83.7 Å². The number of aryl methyl sites for hydroxylation is 1. The zero-order valence-electron chi connectivity index (χ0n) is 7.98. The van der Waals surface area contributed by atoms with Crippen LogP contribution in [0.25, 0.3) is 0 Å². The maximum atomic E-state index is 12.9. The molecule has 0 heterocycles. The maximum absolute atomic E-state index is 12.9. The molecule has 2 heteroatoms. The third kappa shape index (κ3) is 3.00. The van der Waals surface area contributed by atoms with E-state index in [-0.39, 0.29) is 5.82 Å². The average molecular weight is 201 g/mol. The van der Waals surface area contributed by atoms with Crippen molar-refractivity contribution in [2.75, 3.05) is 5.88 Å². The van der Waals surface area contributed by atoms with Crippen LogP contribution in [0.1, 0.15) is 18.1 Å². The lowest BCUT2D eigenvalue weighted by molar-refractivity contribution is 0.613. The van der Waals surface area contributed by atoms with Gasteiger partial charge in [0.1, 0.15) is 5.82 Å². The first-order valence-corrected chi connectivity index (χ1v) is 4.98. The quantitative estimate of drug-likeness (QED) is 0.655. The molecule has 0 nitrogen and oxygen atoms in total. The molecule has 1 unspecified atom stereocenters. The third-order valence-electron chi connectivity index (χ3n) is 2.14. The van der Waals surface area contributed by atoms with E-state index in [9.17, 15) is 4.39 Å². The number of halogens is 2. The van der Waals surface area contributed by atoms with E-state index >= 15 is 0 Å². The zero-order chi connectivity index (χ0) is 9.84. The highest BCUT2D eigenvalue weighted by Gasteiger charge is 2.05. The fraction of sp³-hybridized carbons (Fsp3) is 0.455. The van der Waals surface area contributed by atoms with Gasteiger partial charge in [0.25, 0.3) is 0 Å². The summed E-state index contributed by atoms with van der Waals surface area (Å²) in [5.41, 5.74) is 2.20. The SMILES string of the molecule is Cc1ccc(F)cc1CC(C)CCl. The second kappa shape index (κ2) is 4.61. The summed E-state index contributed by atoms with van der Waals surface area (Å²) >= 11 is 5.70. The second-order valence-electron chi connectivity index (χ2n) is 3.53. The third-order valence-corrected chi connectivity index (χ3v) is 2.67. The van der Waals surface area contributed by atoms with Gasteiger partial charge in [0.15, 0.2) is 0 Å². The van der Waals surface area contributed by atoms with Crippen LogP contribution in [0.5, 0.6) is 0 Å². The molecule has 0 saturated heterocycles. The second-order valence-corrected chi connectivity index (χ2v) is 3.84. The summed E-state index contributed by atoms with van der Waals surface area (Å²) in [5.74, 6) is 0.861. The van der Waals surface area contributed by atoms with Gasteiger partial charge in [-0.3, -0.25) is 0 Å². The van der Waals surface area contributed by atoms with Gasteiger partial charge in [-0.1, -0.05) is 13.0 Å². The number of hydrogen-bond donors (Lipinski definition) is 0. The van der Waals surface area contributed by atoms with Crippen LogP contribution in [0, 0.1) is 18.7 Å². The maximum Gasteiger partial charge on any atom is 0.123 e. The van der Waals surface area contributed by atoms with E-state index in [1.165, 1.54) is 6.07 Å². The Morgan fingerprint density at radius 2 is 2.15 bits per heavy atom. The monoisotopic (exact) mass is 200 g/mol. The fourth-order valence-electron chi connectivity index (χ4n) is 1.29. The van der Waals surface area contributed by atoms with Crippen LogP contribution in [0.3, 0.4) is 0 Å². The van der Waals surface area contributed by atoms with Gasteiger partial charge < -0.3 is 0 Å². The van der Waals surface area contributed by atoms with Gasteiger partial charge in [0.05, 0.1) is 0 Å². The van der Waals surface area contributed by atoms with Gasteiger partial charge in [-0.25, -0.2) is 4.39 Å². The molecule has 1 aromatic rings. The number of alkyl halides is 1. The van der Waals surface area contributed by atoms with Crippen LogP contribution >= 0.6 is 11.6 Å². The number of benzene rings is 1. The van der Waals surface area contributed by atoms with E-state index < -0.39 is 0 Å². The van der Waals surface area contributed by atoms with Gasteiger partial charge in [-0.2, -0.15) is 0 Å².